The van der Waals surface area contributed by atoms with Crippen LogP contribution in [0.15, 0.2) is 0 Å². The molecule has 0 aromatic rings. The van der Waals surface area contributed by atoms with Gasteiger partial charge in [0.25, 0.3) is 0 Å². The third kappa shape index (κ3) is 27.7. The second kappa shape index (κ2) is 37.2. The lowest BCUT2D eigenvalue weighted by atomic mass is 10.0. The van der Waals surface area contributed by atoms with E-state index in [1.165, 1.54) is 0 Å². The Morgan fingerprint density at radius 2 is 0.548 bits per heavy atom. The molecule has 0 saturated carbocycles. The van der Waals surface area contributed by atoms with Crippen molar-refractivity contribution in [3.63, 3.8) is 0 Å². The Morgan fingerprint density at radius 3 is 0.795 bits per heavy atom. The first-order chi connectivity index (χ1) is 34.5. The Hall–Kier alpha value is -6.64. The van der Waals surface area contributed by atoms with E-state index in [1.807, 2.05) is 0 Å². The minimum Gasteiger partial charge on any atom is -0.481 e. The molecule has 0 aliphatic rings. The highest BCUT2D eigenvalue weighted by Gasteiger charge is 2.35. The van der Waals surface area contributed by atoms with E-state index in [-0.39, 0.29) is 58.2 Å². The van der Waals surface area contributed by atoms with Gasteiger partial charge in [-0.1, -0.05) is 0 Å². The van der Waals surface area contributed by atoms with Crippen LogP contribution in [0.4, 0.5) is 0 Å². The van der Waals surface area contributed by atoms with Crippen molar-refractivity contribution in [1.29, 1.82) is 0 Å². The van der Waals surface area contributed by atoms with Crippen molar-refractivity contribution in [3.05, 3.63) is 0 Å². The summed E-state index contributed by atoms with van der Waals surface area (Å²) in [7, 11) is 0. The number of rotatable bonds is 41. The maximum atomic E-state index is 13.8. The summed E-state index contributed by atoms with van der Waals surface area (Å²) in [5, 5.41) is 84.9. The van der Waals surface area contributed by atoms with Crippen molar-refractivity contribution in [2.24, 2.45) is 22.9 Å². The molecule has 31 heteroatoms. The van der Waals surface area contributed by atoms with Gasteiger partial charge in [0.1, 0.15) is 54.4 Å². The van der Waals surface area contributed by atoms with Gasteiger partial charge >= 0.3 is 23.9 Å². The number of carbonyl (C=O) groups excluding carboxylic acids is 8. The van der Waals surface area contributed by atoms with Crippen LogP contribution in [0.3, 0.4) is 0 Å². The normalized spacial score (nSPS) is 14.7. The van der Waals surface area contributed by atoms with E-state index in [1.54, 1.807) is 0 Å². The first-order valence-corrected chi connectivity index (χ1v) is 23.5. The zero-order valence-corrected chi connectivity index (χ0v) is 40.4. The fourth-order valence-electron chi connectivity index (χ4n) is 6.54. The molecule has 9 atom stereocenters. The van der Waals surface area contributed by atoms with Gasteiger partial charge in [0, 0.05) is 19.3 Å². The molecule has 0 aromatic carbocycles. The summed E-state index contributed by atoms with van der Waals surface area (Å²) in [5.74, 6) is -14.7. The van der Waals surface area contributed by atoms with Crippen molar-refractivity contribution in [2.75, 3.05) is 39.5 Å². The molecule has 0 unspecified atom stereocenters. The number of nitrogens with two attached hydrogens (primary N) is 4. The van der Waals surface area contributed by atoms with Crippen LogP contribution >= 0.6 is 0 Å². The van der Waals surface area contributed by atoms with Crippen LogP contribution in [0.2, 0.25) is 0 Å². The largest absolute Gasteiger partial charge is 0.481 e. The van der Waals surface area contributed by atoms with E-state index < -0.39 is 184 Å². The van der Waals surface area contributed by atoms with E-state index in [0.717, 1.165) is 0 Å². The van der Waals surface area contributed by atoms with Gasteiger partial charge in [-0.25, -0.2) is 4.79 Å². The van der Waals surface area contributed by atoms with Crippen molar-refractivity contribution < 1.29 is 93.3 Å². The maximum absolute atomic E-state index is 13.8. The molecule has 0 aromatic heterocycles. The minimum atomic E-state index is -1.89. The summed E-state index contributed by atoms with van der Waals surface area (Å²) < 4.78 is 0. The summed E-state index contributed by atoms with van der Waals surface area (Å²) in [6, 6.07) is -14.8. The van der Waals surface area contributed by atoms with Crippen LogP contribution in [-0.2, 0) is 57.5 Å². The third-order valence-corrected chi connectivity index (χ3v) is 10.7. The topological polar surface area (TPSA) is 547 Å². The van der Waals surface area contributed by atoms with Gasteiger partial charge in [-0.05, 0) is 96.7 Å². The Bertz CT molecular complexity index is 1850. The van der Waals surface area contributed by atoms with E-state index in [9.17, 15) is 88.2 Å². The van der Waals surface area contributed by atoms with Gasteiger partial charge in [0.05, 0.1) is 19.8 Å². The minimum absolute atomic E-state index is 0.0278. The van der Waals surface area contributed by atoms with Gasteiger partial charge in [0.15, 0.2) is 0 Å². The van der Waals surface area contributed by atoms with Gasteiger partial charge in [-0.3, -0.25) is 52.7 Å². The molecule has 0 radical (unpaired) electrons. The molecule has 0 aliphatic carbocycles. The summed E-state index contributed by atoms with van der Waals surface area (Å²) >= 11 is 0. The molecular formula is C42H74N12O19. The van der Waals surface area contributed by atoms with Crippen molar-refractivity contribution in [2.45, 2.75) is 151 Å². The number of carbonyl (C=O) groups is 12. The number of aliphatic hydroxyl groups is 3. The van der Waals surface area contributed by atoms with Crippen LogP contribution in [0.5, 0.6) is 0 Å². The molecule has 73 heavy (non-hydrogen) atoms. The number of hydrogen-bond donors (Lipinski definition) is 19. The van der Waals surface area contributed by atoms with Crippen molar-refractivity contribution >= 4 is 71.1 Å². The van der Waals surface area contributed by atoms with E-state index in [0.29, 0.717) is 19.3 Å². The standard InChI is InChI=1S/C42H74N12O19/c43-16-4-1-7-23(47-34(64)22(46)19-55)35(65)50-26(10-13-31(58)59)38(68)53-29(20-56)40(70)48-24(8-2-5-17-44)36(66)51-27(11-14-32(60)61)39(69)54-30(21-57)41(71)49-25(9-3-6-18-45)37(67)52-28(42(72)73)12-15-33(62)63/h22-30,55-57H,1-21,43-46H2,(H,47,64)(H,48,70)(H,49,71)(H,50,65)(H,51,66)(H,52,67)(H,53,68)(H,54,69)(H,58,59)(H,60,61)(H,62,63)(H,72,73)/t22-,23-,24-,25-,26-,27-,28-,29-,30-/m0/s1. The second-order valence-corrected chi connectivity index (χ2v) is 16.6. The number of aliphatic carboxylic acids is 4. The zero-order valence-electron chi connectivity index (χ0n) is 40.4. The molecule has 23 N–H and O–H groups in total. The summed E-state index contributed by atoms with van der Waals surface area (Å²) in [5.41, 5.74) is 22.2. The fourth-order valence-corrected chi connectivity index (χ4v) is 6.54. The average Bonchev–Trinajstić information content (AvgIpc) is 3.34. The van der Waals surface area contributed by atoms with E-state index in [2.05, 4.69) is 42.5 Å². The lowest BCUT2D eigenvalue weighted by Gasteiger charge is -2.27. The molecule has 0 spiro atoms. The molecule has 0 aliphatic heterocycles. The smallest absolute Gasteiger partial charge is 0.326 e. The van der Waals surface area contributed by atoms with E-state index in [4.69, 9.17) is 28.0 Å². The molecular weight excluding hydrogens is 977 g/mol. The van der Waals surface area contributed by atoms with Gasteiger partial charge < -0.3 is 101 Å². The first-order valence-electron chi connectivity index (χ1n) is 23.5. The molecule has 8 amide bonds. The highest BCUT2D eigenvalue weighted by Crippen LogP contribution is 2.10. The fraction of sp³-hybridized carbons (Fsp3) is 0.714. The van der Waals surface area contributed by atoms with Gasteiger partial charge in [0.2, 0.25) is 47.3 Å². The summed E-state index contributed by atoms with van der Waals surface area (Å²) in [6.45, 7) is -2.55. The molecule has 0 heterocycles. The molecule has 31 nitrogen and oxygen atoms in total. The van der Waals surface area contributed by atoms with E-state index >= 15 is 0 Å². The number of carboxylic acids is 4. The number of amides is 8. The number of carboxylic acid groups (broad SMARTS) is 4. The van der Waals surface area contributed by atoms with Crippen LogP contribution in [0, 0.1) is 0 Å². The molecule has 0 saturated heterocycles. The maximum Gasteiger partial charge on any atom is 0.326 e. The third-order valence-electron chi connectivity index (χ3n) is 10.7. The SMILES string of the molecule is NCCCC[C@H](NC(=O)[C@H](CO)NC(=O)[C@H](CCC(=O)O)NC(=O)[C@H](CCCCN)NC(=O)[C@H](CO)NC(=O)[C@H](CCC(=O)O)NC(=O)[C@H](CCCCN)NC(=O)[C@@H](N)CO)C(=O)N[C@@H](CCC(=O)O)C(=O)O. The Morgan fingerprint density at radius 1 is 0.315 bits per heavy atom. The second-order valence-electron chi connectivity index (χ2n) is 16.6. The number of unbranched alkanes of at least 4 members (excludes halogenated alkanes) is 3. The lowest BCUT2D eigenvalue weighted by molar-refractivity contribution is -0.144. The predicted molar refractivity (Wildman–Crippen MR) is 252 cm³/mol. The number of aliphatic hydroxyl groups excluding tert-OH is 3. The van der Waals surface area contributed by atoms with Crippen LogP contribution in [0.25, 0.3) is 0 Å². The summed E-state index contributed by atoms with van der Waals surface area (Å²) in [4.78, 5) is 153. The Kier molecular flexibility index (Phi) is 33.8. The summed E-state index contributed by atoms with van der Waals surface area (Å²) in [6.07, 6.45) is -2.50. The molecule has 0 fully saturated rings. The highest BCUT2D eigenvalue weighted by atomic mass is 16.4. The zero-order chi connectivity index (χ0) is 55.6. The first kappa shape index (κ1) is 66.4. The van der Waals surface area contributed by atoms with Crippen LogP contribution in [-0.4, -0.2) is 201 Å². The quantitative estimate of drug-likeness (QED) is 0.0253. The van der Waals surface area contributed by atoms with Crippen LogP contribution < -0.4 is 65.5 Å². The average molecular weight is 1050 g/mol. The number of nitrogens with one attached hydrogen (secondary N) is 8. The Labute approximate surface area is 419 Å². The van der Waals surface area contributed by atoms with Crippen LogP contribution in [0.1, 0.15) is 96.3 Å². The predicted octanol–water partition coefficient (Wildman–Crippen LogP) is -7.77. The number of hydrogen-bond acceptors (Lipinski definition) is 19. The lowest BCUT2D eigenvalue weighted by Crippen LogP contribution is -2.61. The molecule has 416 valence electrons. The molecule has 0 rings (SSSR count). The monoisotopic (exact) mass is 1050 g/mol. The highest BCUT2D eigenvalue weighted by molar-refractivity contribution is 5.98. The Balaban J connectivity index is 6.53. The van der Waals surface area contributed by atoms with Crippen molar-refractivity contribution in [3.8, 4) is 0 Å². The van der Waals surface area contributed by atoms with Crippen molar-refractivity contribution in [1.82, 2.24) is 42.5 Å². The van der Waals surface area contributed by atoms with Gasteiger partial charge in [-0.2, -0.15) is 0 Å². The van der Waals surface area contributed by atoms with Gasteiger partial charge in [-0.15, -0.1) is 0 Å². The molecule has 0 bridgehead atoms.